The minimum Gasteiger partial charge on any atom is -0.465 e. The van der Waals surface area contributed by atoms with Gasteiger partial charge in [-0.3, -0.25) is 4.79 Å². The molecule has 0 radical (unpaired) electrons. The van der Waals surface area contributed by atoms with Crippen LogP contribution in [0.4, 0.5) is 0 Å². The number of carbonyl (C=O) groups is 2. The first-order chi connectivity index (χ1) is 17.0. The molecule has 0 N–H and O–H groups in total. The molecule has 0 unspecified atom stereocenters. The van der Waals surface area contributed by atoms with Crippen molar-refractivity contribution in [2.75, 3.05) is 20.2 Å². The summed E-state index contributed by atoms with van der Waals surface area (Å²) >= 11 is 0. The second-order valence-electron chi connectivity index (χ2n) is 8.93. The average Bonchev–Trinajstić information content (AvgIpc) is 3.30. The molecule has 1 amide bonds. The Morgan fingerprint density at radius 3 is 2.54 bits per heavy atom. The molecule has 0 aliphatic carbocycles. The number of hydrogen-bond acceptors (Lipinski definition) is 4. The molecule has 1 fully saturated rings. The lowest BCUT2D eigenvalue weighted by Gasteiger charge is -2.32. The first kappa shape index (κ1) is 24.5. The van der Waals surface area contributed by atoms with E-state index < -0.39 is 0 Å². The maximum atomic E-state index is 12.8. The average molecular weight is 472 g/mol. The largest absolute Gasteiger partial charge is 0.465 e. The minimum absolute atomic E-state index is 0.126. The molecule has 4 rings (SSSR count). The lowest BCUT2D eigenvalue weighted by Crippen LogP contribution is -2.38. The fourth-order valence-corrected chi connectivity index (χ4v) is 4.64. The van der Waals surface area contributed by atoms with Crippen molar-refractivity contribution in [1.82, 2.24) is 14.5 Å². The van der Waals surface area contributed by atoms with E-state index in [1.165, 1.54) is 12.7 Å². The summed E-state index contributed by atoms with van der Waals surface area (Å²) in [6.45, 7) is 6.20. The molecule has 0 bridgehead atoms. The number of piperidine rings is 1. The van der Waals surface area contributed by atoms with Gasteiger partial charge in [-0.25, -0.2) is 9.78 Å². The number of methoxy groups -OCH3 is 1. The third kappa shape index (κ3) is 5.53. The lowest BCUT2D eigenvalue weighted by atomic mass is 9.90. The zero-order valence-electron chi connectivity index (χ0n) is 20.7. The van der Waals surface area contributed by atoms with E-state index >= 15 is 0 Å². The summed E-state index contributed by atoms with van der Waals surface area (Å²) < 4.78 is 6.89. The molecule has 3 aromatic rings. The van der Waals surface area contributed by atoms with Crippen LogP contribution < -0.4 is 0 Å². The van der Waals surface area contributed by atoms with Crippen molar-refractivity contribution < 1.29 is 14.3 Å². The number of esters is 1. The van der Waals surface area contributed by atoms with Crippen LogP contribution in [0.15, 0.2) is 72.6 Å². The van der Waals surface area contributed by atoms with Crippen LogP contribution in [-0.4, -0.2) is 46.5 Å². The van der Waals surface area contributed by atoms with E-state index in [4.69, 9.17) is 9.72 Å². The van der Waals surface area contributed by atoms with Crippen LogP contribution in [0.2, 0.25) is 0 Å². The number of rotatable bonds is 7. The second-order valence-corrected chi connectivity index (χ2v) is 8.93. The molecule has 2 aromatic heterocycles. The number of aromatic nitrogens is 2. The lowest BCUT2D eigenvalue weighted by molar-refractivity contribution is -0.127. The van der Waals surface area contributed by atoms with Gasteiger partial charge in [0.25, 0.3) is 5.91 Å². The number of pyridine rings is 1. The highest BCUT2D eigenvalue weighted by atomic mass is 16.5. The topological polar surface area (TPSA) is 64.4 Å². The summed E-state index contributed by atoms with van der Waals surface area (Å²) in [5.41, 5.74) is 4.59. The predicted octanol–water partition coefficient (Wildman–Crippen LogP) is 5.49. The third-order valence-corrected chi connectivity index (χ3v) is 6.69. The second kappa shape index (κ2) is 11.2. The van der Waals surface area contributed by atoms with Crippen molar-refractivity contribution in [3.63, 3.8) is 0 Å². The van der Waals surface area contributed by atoms with Crippen molar-refractivity contribution in [2.24, 2.45) is 0 Å². The van der Waals surface area contributed by atoms with Gasteiger partial charge in [-0.05, 0) is 67.5 Å². The molecule has 1 aliphatic rings. The molecule has 0 spiro atoms. The van der Waals surface area contributed by atoms with Gasteiger partial charge in [0.15, 0.2) is 0 Å². The molecule has 3 heterocycles. The molecular weight excluding hydrogens is 438 g/mol. The van der Waals surface area contributed by atoms with Gasteiger partial charge < -0.3 is 14.2 Å². The number of ether oxygens (including phenoxy) is 1. The van der Waals surface area contributed by atoms with Crippen LogP contribution in [0.3, 0.4) is 0 Å². The van der Waals surface area contributed by atoms with Gasteiger partial charge in [0.1, 0.15) is 5.65 Å². The molecule has 1 aliphatic heterocycles. The minimum atomic E-state index is -0.331. The Morgan fingerprint density at radius 2 is 1.89 bits per heavy atom. The number of likely N-dealkylation sites (tertiary alicyclic amines) is 1. The van der Waals surface area contributed by atoms with Gasteiger partial charge in [-0.15, -0.1) is 0 Å². The van der Waals surface area contributed by atoms with Gasteiger partial charge in [0, 0.05) is 43.0 Å². The first-order valence-corrected chi connectivity index (χ1v) is 12.3. The maximum absolute atomic E-state index is 12.8. The monoisotopic (exact) mass is 471 g/mol. The summed E-state index contributed by atoms with van der Waals surface area (Å²) in [5, 5.41) is 1.12. The summed E-state index contributed by atoms with van der Waals surface area (Å²) in [7, 11) is 1.39. The van der Waals surface area contributed by atoms with Crippen LogP contribution in [0.5, 0.6) is 0 Å². The highest BCUT2D eigenvalue weighted by Gasteiger charge is 2.25. The predicted molar refractivity (Wildman–Crippen MR) is 138 cm³/mol. The number of allylic oxidation sites excluding steroid dienone is 2. The normalized spacial score (nSPS) is 15.2. The number of benzene rings is 1. The molecule has 35 heavy (non-hydrogen) atoms. The zero-order valence-corrected chi connectivity index (χ0v) is 20.7. The third-order valence-electron chi connectivity index (χ3n) is 6.69. The number of hydrogen-bond donors (Lipinski definition) is 0. The summed E-state index contributed by atoms with van der Waals surface area (Å²) in [5.74, 6) is 0.203. The zero-order chi connectivity index (χ0) is 24.8. The van der Waals surface area contributed by atoms with Crippen LogP contribution in [-0.2, 0) is 16.1 Å². The molecule has 6 nitrogen and oxygen atoms in total. The number of amides is 1. The van der Waals surface area contributed by atoms with Crippen LogP contribution in [0, 0.1) is 0 Å². The fraction of sp³-hybridized carbons (Fsp3) is 0.345. The van der Waals surface area contributed by atoms with Gasteiger partial charge in [0.2, 0.25) is 0 Å². The van der Waals surface area contributed by atoms with E-state index in [2.05, 4.69) is 29.8 Å². The first-order valence-electron chi connectivity index (χ1n) is 12.3. The number of fused-ring (bicyclic) bond motifs is 1. The Morgan fingerprint density at radius 1 is 1.14 bits per heavy atom. The fourth-order valence-electron chi connectivity index (χ4n) is 4.64. The van der Waals surface area contributed by atoms with E-state index in [1.54, 1.807) is 12.1 Å². The summed E-state index contributed by atoms with van der Waals surface area (Å²) in [4.78, 5) is 31.3. The van der Waals surface area contributed by atoms with E-state index in [-0.39, 0.29) is 11.9 Å². The van der Waals surface area contributed by atoms with E-state index in [0.717, 1.165) is 54.5 Å². The molecule has 0 saturated carbocycles. The Kier molecular flexibility index (Phi) is 7.80. The Bertz CT molecular complexity index is 1250. The number of nitrogens with zero attached hydrogens (tertiary/aromatic N) is 3. The summed E-state index contributed by atoms with van der Waals surface area (Å²) in [6.07, 6.45) is 12.7. The van der Waals surface area contributed by atoms with Gasteiger partial charge >= 0.3 is 5.97 Å². The van der Waals surface area contributed by atoms with Gasteiger partial charge in [0.05, 0.1) is 12.7 Å². The maximum Gasteiger partial charge on any atom is 0.337 e. The Hall–Kier alpha value is -3.67. The SMILES string of the molecule is C/C=C(\C=C/CC)C(=O)N1CCC(c2cnc3c(ccn3Cc3ccc(C(=O)OC)cc3)c2)CC1. The van der Waals surface area contributed by atoms with E-state index in [0.29, 0.717) is 18.0 Å². The molecular formula is C29H33N3O3. The highest BCUT2D eigenvalue weighted by Crippen LogP contribution is 2.30. The smallest absolute Gasteiger partial charge is 0.337 e. The molecule has 1 aromatic carbocycles. The van der Waals surface area contributed by atoms with E-state index in [9.17, 15) is 9.59 Å². The molecule has 1 saturated heterocycles. The quantitative estimate of drug-likeness (QED) is 0.260. The van der Waals surface area contributed by atoms with Crippen molar-refractivity contribution in [3.05, 3.63) is 89.3 Å². The molecule has 6 heteroatoms. The van der Waals surface area contributed by atoms with Crippen LogP contribution in [0.25, 0.3) is 11.0 Å². The van der Waals surface area contributed by atoms with Gasteiger partial charge in [-0.2, -0.15) is 0 Å². The van der Waals surface area contributed by atoms with E-state index in [1.807, 2.05) is 48.4 Å². The standard InChI is InChI=1S/C29H33N3O3/c1-4-6-7-22(5-2)28(33)31-15-12-23(13-16-31)26-18-25-14-17-32(27(25)30-19-26)20-21-8-10-24(11-9-21)29(34)35-3/h5-11,14,17-19,23H,4,12-13,15-16,20H2,1-3H3/b7-6-,22-5+. The van der Waals surface area contributed by atoms with Crippen molar-refractivity contribution in [2.45, 2.75) is 45.6 Å². The molecule has 182 valence electrons. The highest BCUT2D eigenvalue weighted by molar-refractivity contribution is 5.96. The Labute approximate surface area is 206 Å². The Balaban J connectivity index is 1.41. The van der Waals surface area contributed by atoms with Gasteiger partial charge in [-0.1, -0.05) is 37.3 Å². The number of carbonyl (C=O) groups excluding carboxylic acids is 2. The van der Waals surface area contributed by atoms with Crippen molar-refractivity contribution in [3.8, 4) is 0 Å². The van der Waals surface area contributed by atoms with Crippen molar-refractivity contribution in [1.29, 1.82) is 0 Å². The van der Waals surface area contributed by atoms with Crippen LogP contribution in [0.1, 0.15) is 60.5 Å². The summed E-state index contributed by atoms with van der Waals surface area (Å²) in [6, 6.07) is 11.8. The van der Waals surface area contributed by atoms with Crippen molar-refractivity contribution >= 4 is 22.9 Å². The van der Waals surface area contributed by atoms with Crippen LogP contribution >= 0.6 is 0 Å². The molecule has 0 atom stereocenters.